The molecule has 0 spiro atoms. The fourth-order valence-corrected chi connectivity index (χ4v) is 6.47. The molecule has 0 saturated carbocycles. The van der Waals surface area contributed by atoms with Crippen molar-refractivity contribution in [3.8, 4) is 11.4 Å². The van der Waals surface area contributed by atoms with Gasteiger partial charge < -0.3 is 14.0 Å². The van der Waals surface area contributed by atoms with Gasteiger partial charge in [-0.05, 0) is 92.9 Å². The van der Waals surface area contributed by atoms with Crippen LogP contribution in [-0.2, 0) is 21.6 Å². The first-order valence-corrected chi connectivity index (χ1v) is 16.9. The van der Waals surface area contributed by atoms with Gasteiger partial charge in [0.25, 0.3) is 5.56 Å². The molecule has 11 heteroatoms. The molecule has 0 aliphatic carbocycles. The molecular formula is C36H43BrN4O5S. The van der Waals surface area contributed by atoms with Crippen LogP contribution >= 0.6 is 27.3 Å². The van der Waals surface area contributed by atoms with Crippen LogP contribution < -0.4 is 16.0 Å². The average molecular weight is 724 g/mol. The molecule has 0 aliphatic heterocycles. The van der Waals surface area contributed by atoms with Crippen LogP contribution in [0, 0.1) is 6.92 Å². The highest BCUT2D eigenvalue weighted by molar-refractivity contribution is 9.11. The molecule has 9 nitrogen and oxygen atoms in total. The fraction of sp³-hybridized carbons (Fsp3) is 0.333. The van der Waals surface area contributed by atoms with Gasteiger partial charge >= 0.3 is 11.7 Å². The Morgan fingerprint density at radius 3 is 2.17 bits per heavy atom. The normalized spacial score (nSPS) is 11.9. The second kappa shape index (κ2) is 15.6. The first-order chi connectivity index (χ1) is 22.3. The van der Waals surface area contributed by atoms with E-state index in [0.717, 1.165) is 19.6 Å². The Kier molecular flexibility index (Phi) is 12.3. The molecule has 5 aromatic rings. The summed E-state index contributed by atoms with van der Waals surface area (Å²) in [5.41, 5.74) is -1.08. The van der Waals surface area contributed by atoms with E-state index < -0.39 is 34.5 Å². The van der Waals surface area contributed by atoms with E-state index in [0.29, 0.717) is 21.5 Å². The minimum Gasteiger partial charge on any atom is -0.484 e. The number of nitrogens with zero attached hydrogens (tertiary/aromatic N) is 4. The zero-order valence-electron chi connectivity index (χ0n) is 28.2. The van der Waals surface area contributed by atoms with E-state index in [-0.39, 0.29) is 6.54 Å². The molecule has 0 bridgehead atoms. The van der Waals surface area contributed by atoms with Crippen molar-refractivity contribution >= 4 is 43.5 Å². The quantitative estimate of drug-likeness (QED) is 0.118. The van der Waals surface area contributed by atoms with E-state index in [1.807, 2.05) is 86.1 Å². The second-order valence-corrected chi connectivity index (χ2v) is 14.1. The summed E-state index contributed by atoms with van der Waals surface area (Å²) >= 11 is 4.86. The molecule has 1 atom stereocenters. The van der Waals surface area contributed by atoms with E-state index in [1.54, 1.807) is 33.3 Å². The number of hydrogen-bond acceptors (Lipinski definition) is 7. The highest BCUT2D eigenvalue weighted by atomic mass is 79.9. The molecule has 0 N–H and O–H groups in total. The lowest BCUT2D eigenvalue weighted by atomic mass is 10.0. The van der Waals surface area contributed by atoms with Crippen LogP contribution in [-0.4, -0.2) is 30.3 Å². The standard InChI is InChI=1S/C32H33BrN4O5S.C2H6.C2H4/c1-20-25-27(38)37(32(5,6)29(39)42-31(2,3)4)30(40)36(28(25)43-26(20)33)18-24(21-10-8-7-9-11-21)41-23-14-12-22(13-15-23)35-17-16-34-19-35;2*1-2/h7-17,19,24H,18H2,1-6H3;1-2H3;1-2H2. The number of benzene rings is 2. The summed E-state index contributed by atoms with van der Waals surface area (Å²) in [5, 5.41) is 0.365. The van der Waals surface area contributed by atoms with Crippen LogP contribution in [0.4, 0.5) is 0 Å². The summed E-state index contributed by atoms with van der Waals surface area (Å²) in [7, 11) is 0. The molecule has 3 heterocycles. The maximum absolute atomic E-state index is 14.3. The predicted octanol–water partition coefficient (Wildman–Crippen LogP) is 8.21. The SMILES string of the molecule is C=C.CC.Cc1c(Br)sc2c1c(=O)n(C(C)(C)C(=O)OC(C)(C)C)c(=O)n2CC(Oc1ccc(-n2ccnc2)cc1)c1ccccc1. The Morgan fingerprint density at radius 2 is 1.62 bits per heavy atom. The number of ether oxygens (including phenoxy) is 2. The van der Waals surface area contributed by atoms with Gasteiger partial charge in [-0.1, -0.05) is 44.2 Å². The fourth-order valence-electron chi connectivity index (χ4n) is 4.78. The predicted molar refractivity (Wildman–Crippen MR) is 194 cm³/mol. The lowest BCUT2D eigenvalue weighted by molar-refractivity contribution is -0.164. The Morgan fingerprint density at radius 1 is 1.00 bits per heavy atom. The summed E-state index contributed by atoms with van der Waals surface area (Å²) in [5.74, 6) is -0.0705. The number of thiophene rings is 1. The number of halogens is 1. The minimum atomic E-state index is -1.58. The van der Waals surface area contributed by atoms with E-state index in [2.05, 4.69) is 34.1 Å². The van der Waals surface area contributed by atoms with Crippen LogP contribution in [0.25, 0.3) is 15.9 Å². The third-order valence-electron chi connectivity index (χ3n) is 7.05. The summed E-state index contributed by atoms with van der Waals surface area (Å²) in [6, 6.07) is 17.2. The number of aromatic nitrogens is 4. The van der Waals surface area contributed by atoms with Crippen LogP contribution in [0.2, 0.25) is 0 Å². The van der Waals surface area contributed by atoms with E-state index in [9.17, 15) is 14.4 Å². The van der Waals surface area contributed by atoms with Gasteiger partial charge in [0.15, 0.2) is 0 Å². The number of hydrogen-bond donors (Lipinski definition) is 0. The molecule has 0 fully saturated rings. The smallest absolute Gasteiger partial charge is 0.333 e. The van der Waals surface area contributed by atoms with E-state index in [4.69, 9.17) is 9.47 Å². The first-order valence-electron chi connectivity index (χ1n) is 15.3. The van der Waals surface area contributed by atoms with Gasteiger partial charge in [-0.15, -0.1) is 24.5 Å². The summed E-state index contributed by atoms with van der Waals surface area (Å²) < 4.78 is 17.3. The number of fused-ring (bicyclic) bond motifs is 1. The van der Waals surface area contributed by atoms with Crippen LogP contribution in [0.5, 0.6) is 5.75 Å². The largest absolute Gasteiger partial charge is 0.484 e. The summed E-state index contributed by atoms with van der Waals surface area (Å²) in [6.45, 7) is 20.2. The van der Waals surface area contributed by atoms with Gasteiger partial charge in [0.2, 0.25) is 0 Å². The van der Waals surface area contributed by atoms with Crippen LogP contribution in [0.15, 0.2) is 99.9 Å². The highest BCUT2D eigenvalue weighted by Crippen LogP contribution is 2.34. The van der Waals surface area contributed by atoms with Crippen molar-refractivity contribution in [3.05, 3.63) is 122 Å². The van der Waals surface area contributed by atoms with E-state index >= 15 is 0 Å². The molecular weight excluding hydrogens is 680 g/mol. The van der Waals surface area contributed by atoms with Gasteiger partial charge in [-0.2, -0.15) is 0 Å². The van der Waals surface area contributed by atoms with E-state index in [1.165, 1.54) is 29.8 Å². The molecule has 5 rings (SSSR count). The molecule has 250 valence electrons. The monoisotopic (exact) mass is 722 g/mol. The molecule has 0 aliphatic rings. The number of aryl methyl sites for hydroxylation is 1. The average Bonchev–Trinajstić information content (AvgIpc) is 3.69. The Balaban J connectivity index is 0.00000144. The molecule has 0 radical (unpaired) electrons. The number of carbonyl (C=O) groups excluding carboxylic acids is 1. The second-order valence-electron chi connectivity index (χ2n) is 11.8. The highest BCUT2D eigenvalue weighted by Gasteiger charge is 2.39. The van der Waals surface area contributed by atoms with Gasteiger partial charge in [-0.3, -0.25) is 9.36 Å². The Hall–Kier alpha value is -4.22. The zero-order chi connectivity index (χ0) is 35.1. The van der Waals surface area contributed by atoms with Crippen molar-refractivity contribution in [2.75, 3.05) is 0 Å². The van der Waals surface area contributed by atoms with Crippen molar-refractivity contribution < 1.29 is 14.3 Å². The molecule has 0 amide bonds. The maximum Gasteiger partial charge on any atom is 0.333 e. The van der Waals surface area contributed by atoms with Gasteiger partial charge in [-0.25, -0.2) is 19.1 Å². The molecule has 47 heavy (non-hydrogen) atoms. The minimum absolute atomic E-state index is 0.0830. The first kappa shape index (κ1) is 37.2. The lowest BCUT2D eigenvalue weighted by Gasteiger charge is -2.30. The topological polar surface area (TPSA) is 97.4 Å². The third-order valence-corrected chi connectivity index (χ3v) is 9.23. The van der Waals surface area contributed by atoms with Crippen molar-refractivity contribution in [1.82, 2.24) is 18.7 Å². The van der Waals surface area contributed by atoms with Gasteiger partial charge in [0.1, 0.15) is 27.8 Å². The zero-order valence-corrected chi connectivity index (χ0v) is 30.6. The van der Waals surface area contributed by atoms with Crippen molar-refractivity contribution in [1.29, 1.82) is 0 Å². The van der Waals surface area contributed by atoms with Crippen LogP contribution in [0.1, 0.15) is 65.7 Å². The summed E-state index contributed by atoms with van der Waals surface area (Å²) in [6.07, 6.45) is 4.69. The van der Waals surface area contributed by atoms with Crippen molar-refractivity contribution in [2.24, 2.45) is 0 Å². The maximum atomic E-state index is 14.3. The molecule has 3 aromatic heterocycles. The molecule has 1 unspecified atom stereocenters. The Labute approximate surface area is 288 Å². The summed E-state index contributed by atoms with van der Waals surface area (Å²) in [4.78, 5) is 46.1. The van der Waals surface area contributed by atoms with Crippen molar-refractivity contribution in [2.45, 2.75) is 79.2 Å². The van der Waals surface area contributed by atoms with Crippen molar-refractivity contribution in [3.63, 3.8) is 0 Å². The molecule has 2 aromatic carbocycles. The lowest BCUT2D eigenvalue weighted by Crippen LogP contribution is -2.54. The van der Waals surface area contributed by atoms with Gasteiger partial charge in [0, 0.05) is 18.1 Å². The number of rotatable bonds is 8. The Bertz CT molecular complexity index is 1900. The number of esters is 1. The van der Waals surface area contributed by atoms with Gasteiger partial charge in [0.05, 0.1) is 22.0 Å². The van der Waals surface area contributed by atoms with Crippen LogP contribution in [0.3, 0.4) is 0 Å². The third kappa shape index (κ3) is 8.20. The number of carbonyl (C=O) groups is 1. The number of imidazole rings is 1. The molecule has 0 saturated heterocycles.